The molecule has 1 aromatic rings. The molecule has 116 valence electrons. The van der Waals surface area contributed by atoms with E-state index in [0.717, 1.165) is 44.8 Å². The van der Waals surface area contributed by atoms with E-state index in [2.05, 4.69) is 16.7 Å². The first kappa shape index (κ1) is 15.8. The van der Waals surface area contributed by atoms with Gasteiger partial charge in [0.25, 0.3) is 5.91 Å². The lowest BCUT2D eigenvalue weighted by molar-refractivity contribution is 0.0827. The molecule has 0 radical (unpaired) electrons. The van der Waals surface area contributed by atoms with Crippen LogP contribution in [0, 0.1) is 0 Å². The number of rotatable bonds is 4. The van der Waals surface area contributed by atoms with E-state index in [0.29, 0.717) is 11.3 Å². The van der Waals surface area contributed by atoms with Crippen LogP contribution in [-0.2, 0) is 6.54 Å². The first-order valence-corrected chi connectivity index (χ1v) is 7.56. The van der Waals surface area contributed by atoms with Crippen LogP contribution >= 0.6 is 0 Å². The molecule has 0 atom stereocenters. The van der Waals surface area contributed by atoms with E-state index in [9.17, 15) is 4.79 Å². The minimum Gasteiger partial charge on any atom is -0.398 e. The quantitative estimate of drug-likeness (QED) is 0.844. The summed E-state index contributed by atoms with van der Waals surface area (Å²) < 4.78 is 0. The predicted octanol–water partition coefficient (Wildman–Crippen LogP) is 1.11. The van der Waals surface area contributed by atoms with Crippen molar-refractivity contribution >= 4 is 11.6 Å². The molecule has 2 N–H and O–H groups in total. The van der Waals surface area contributed by atoms with Gasteiger partial charge in [0.05, 0.1) is 0 Å². The van der Waals surface area contributed by atoms with Crippen molar-refractivity contribution in [3.63, 3.8) is 0 Å². The number of likely N-dealkylation sites (N-methyl/N-ethyl adjacent to an activating group) is 1. The van der Waals surface area contributed by atoms with Crippen molar-refractivity contribution in [1.29, 1.82) is 0 Å². The number of hydrogen-bond acceptors (Lipinski definition) is 4. The standard InChI is InChI=1S/C16H26N4O/c1-4-19-7-9-20(10-8-19)12-14-6-5-13(11-15(14)17)16(21)18(2)3/h5-6,11H,4,7-10,12,17H2,1-3H3. The fourth-order valence-electron chi connectivity index (χ4n) is 2.63. The molecule has 1 aromatic carbocycles. The number of amides is 1. The molecule has 1 aliphatic heterocycles. The second-order valence-corrected chi connectivity index (χ2v) is 5.82. The molecule has 0 spiro atoms. The highest BCUT2D eigenvalue weighted by Crippen LogP contribution is 2.18. The normalized spacial score (nSPS) is 16.9. The van der Waals surface area contributed by atoms with Crippen LogP contribution < -0.4 is 5.73 Å². The molecule has 1 aliphatic rings. The fourth-order valence-corrected chi connectivity index (χ4v) is 2.63. The third-order valence-electron chi connectivity index (χ3n) is 4.11. The van der Waals surface area contributed by atoms with Crippen molar-refractivity contribution in [1.82, 2.24) is 14.7 Å². The average Bonchev–Trinajstić information content (AvgIpc) is 2.49. The van der Waals surface area contributed by atoms with E-state index in [1.54, 1.807) is 25.1 Å². The molecule has 0 unspecified atom stereocenters. The molecule has 5 nitrogen and oxygen atoms in total. The first-order valence-electron chi connectivity index (χ1n) is 7.56. The lowest BCUT2D eigenvalue weighted by Crippen LogP contribution is -2.45. The highest BCUT2D eigenvalue weighted by Gasteiger charge is 2.17. The van der Waals surface area contributed by atoms with Gasteiger partial charge in [0, 0.05) is 58.1 Å². The average molecular weight is 290 g/mol. The molecule has 2 rings (SSSR count). The van der Waals surface area contributed by atoms with E-state index in [1.165, 1.54) is 0 Å². The van der Waals surface area contributed by atoms with Gasteiger partial charge in [-0.3, -0.25) is 9.69 Å². The van der Waals surface area contributed by atoms with Gasteiger partial charge >= 0.3 is 0 Å². The molecule has 0 bridgehead atoms. The Hall–Kier alpha value is -1.59. The summed E-state index contributed by atoms with van der Waals surface area (Å²) in [6.07, 6.45) is 0. The Morgan fingerprint density at radius 1 is 1.19 bits per heavy atom. The number of hydrogen-bond donors (Lipinski definition) is 1. The molecule has 1 saturated heterocycles. The summed E-state index contributed by atoms with van der Waals surface area (Å²) in [6.45, 7) is 8.57. The highest BCUT2D eigenvalue weighted by molar-refractivity contribution is 5.94. The lowest BCUT2D eigenvalue weighted by Gasteiger charge is -2.34. The van der Waals surface area contributed by atoms with E-state index < -0.39 is 0 Å². The second kappa shape index (κ2) is 6.91. The third kappa shape index (κ3) is 3.95. The Balaban J connectivity index is 2.00. The summed E-state index contributed by atoms with van der Waals surface area (Å²) in [5.74, 6) is -0.00944. The summed E-state index contributed by atoms with van der Waals surface area (Å²) in [5.41, 5.74) is 8.59. The Kier molecular flexibility index (Phi) is 5.20. The minimum absolute atomic E-state index is 0.00944. The number of carbonyl (C=O) groups is 1. The highest BCUT2D eigenvalue weighted by atomic mass is 16.2. The number of nitrogens with zero attached hydrogens (tertiary/aromatic N) is 3. The van der Waals surface area contributed by atoms with Gasteiger partial charge in [-0.1, -0.05) is 13.0 Å². The van der Waals surface area contributed by atoms with Crippen LogP contribution in [0.25, 0.3) is 0 Å². The van der Waals surface area contributed by atoms with Gasteiger partial charge in [0.1, 0.15) is 0 Å². The number of carbonyl (C=O) groups excluding carboxylic acids is 1. The number of nitrogens with two attached hydrogens (primary N) is 1. The van der Waals surface area contributed by atoms with Gasteiger partial charge in [-0.05, 0) is 24.2 Å². The van der Waals surface area contributed by atoms with Crippen molar-refractivity contribution in [2.24, 2.45) is 0 Å². The number of piperazine rings is 1. The van der Waals surface area contributed by atoms with Crippen molar-refractivity contribution < 1.29 is 4.79 Å². The zero-order valence-electron chi connectivity index (χ0n) is 13.3. The summed E-state index contributed by atoms with van der Waals surface area (Å²) in [6, 6.07) is 5.65. The Morgan fingerprint density at radius 2 is 1.81 bits per heavy atom. The van der Waals surface area contributed by atoms with Crippen molar-refractivity contribution in [2.75, 3.05) is 52.6 Å². The zero-order chi connectivity index (χ0) is 15.4. The molecule has 0 aliphatic carbocycles. The van der Waals surface area contributed by atoms with Crippen LogP contribution in [0.3, 0.4) is 0 Å². The van der Waals surface area contributed by atoms with E-state index >= 15 is 0 Å². The Labute approximate surface area is 127 Å². The number of anilines is 1. The maximum absolute atomic E-state index is 11.9. The SMILES string of the molecule is CCN1CCN(Cc2ccc(C(=O)N(C)C)cc2N)CC1. The van der Waals surface area contributed by atoms with Crippen LogP contribution in [0.5, 0.6) is 0 Å². The Morgan fingerprint density at radius 3 is 2.33 bits per heavy atom. The maximum atomic E-state index is 11.9. The van der Waals surface area contributed by atoms with Crippen LogP contribution in [0.4, 0.5) is 5.69 Å². The topological polar surface area (TPSA) is 52.8 Å². The molecule has 1 amide bonds. The fraction of sp³-hybridized carbons (Fsp3) is 0.562. The lowest BCUT2D eigenvalue weighted by atomic mass is 10.1. The predicted molar refractivity (Wildman–Crippen MR) is 86.3 cm³/mol. The van der Waals surface area contributed by atoms with Gasteiger partial charge in [-0.2, -0.15) is 0 Å². The van der Waals surface area contributed by atoms with Crippen molar-refractivity contribution in [3.8, 4) is 0 Å². The molecule has 21 heavy (non-hydrogen) atoms. The monoisotopic (exact) mass is 290 g/mol. The molecular formula is C16H26N4O. The van der Waals surface area contributed by atoms with E-state index in [4.69, 9.17) is 5.73 Å². The van der Waals surface area contributed by atoms with Crippen LogP contribution in [0.2, 0.25) is 0 Å². The molecule has 1 fully saturated rings. The number of nitrogen functional groups attached to an aromatic ring is 1. The van der Waals surface area contributed by atoms with Crippen LogP contribution in [-0.4, -0.2) is 67.4 Å². The van der Waals surface area contributed by atoms with E-state index in [1.807, 2.05) is 12.1 Å². The summed E-state index contributed by atoms with van der Waals surface area (Å²) in [7, 11) is 3.50. The van der Waals surface area contributed by atoms with Crippen LogP contribution in [0.1, 0.15) is 22.8 Å². The second-order valence-electron chi connectivity index (χ2n) is 5.82. The zero-order valence-corrected chi connectivity index (χ0v) is 13.3. The maximum Gasteiger partial charge on any atom is 0.253 e. The molecule has 0 saturated carbocycles. The van der Waals surface area contributed by atoms with Crippen LogP contribution in [0.15, 0.2) is 18.2 Å². The molecule has 5 heteroatoms. The molecular weight excluding hydrogens is 264 g/mol. The van der Waals surface area contributed by atoms with Gasteiger partial charge in [-0.25, -0.2) is 0 Å². The van der Waals surface area contributed by atoms with Gasteiger partial charge < -0.3 is 15.5 Å². The summed E-state index contributed by atoms with van der Waals surface area (Å²) in [4.78, 5) is 18.4. The smallest absolute Gasteiger partial charge is 0.253 e. The van der Waals surface area contributed by atoms with Gasteiger partial charge in [0.2, 0.25) is 0 Å². The minimum atomic E-state index is -0.00944. The molecule has 0 aromatic heterocycles. The van der Waals surface area contributed by atoms with Crippen molar-refractivity contribution in [3.05, 3.63) is 29.3 Å². The first-order chi connectivity index (χ1) is 10.0. The van der Waals surface area contributed by atoms with Gasteiger partial charge in [-0.15, -0.1) is 0 Å². The molecule has 1 heterocycles. The number of benzene rings is 1. The largest absolute Gasteiger partial charge is 0.398 e. The van der Waals surface area contributed by atoms with Gasteiger partial charge in [0.15, 0.2) is 0 Å². The summed E-state index contributed by atoms with van der Waals surface area (Å²) in [5, 5.41) is 0. The Bertz CT molecular complexity index is 493. The van der Waals surface area contributed by atoms with E-state index in [-0.39, 0.29) is 5.91 Å². The van der Waals surface area contributed by atoms with Crippen molar-refractivity contribution in [2.45, 2.75) is 13.5 Å². The third-order valence-corrected chi connectivity index (χ3v) is 4.11. The summed E-state index contributed by atoms with van der Waals surface area (Å²) >= 11 is 0.